The van der Waals surface area contributed by atoms with Gasteiger partial charge in [-0.1, -0.05) is 0 Å². The van der Waals surface area contributed by atoms with E-state index in [1.165, 1.54) is 12.3 Å². The molecule has 3 rings (SSSR count). The summed E-state index contributed by atoms with van der Waals surface area (Å²) < 4.78 is 13.1. The van der Waals surface area contributed by atoms with Crippen molar-refractivity contribution < 1.29 is 9.18 Å². The molecule has 0 fully saturated rings. The largest absolute Gasteiger partial charge is 0.351 e. The third-order valence-corrected chi connectivity index (χ3v) is 3.58. The fourth-order valence-electron chi connectivity index (χ4n) is 2.25. The molecule has 7 heteroatoms. The number of hydrogen-bond donors (Lipinski definition) is 2. The highest BCUT2D eigenvalue weighted by Crippen LogP contribution is 2.24. The molecule has 3 heterocycles. The fourth-order valence-corrected chi connectivity index (χ4v) is 2.25. The summed E-state index contributed by atoms with van der Waals surface area (Å²) >= 11 is 0. The van der Waals surface area contributed by atoms with Crippen LogP contribution in [0, 0.1) is 19.8 Å². The van der Waals surface area contributed by atoms with Crippen molar-refractivity contribution in [1.29, 1.82) is 0 Å². The lowest BCUT2D eigenvalue weighted by Gasteiger charge is -2.13. The van der Waals surface area contributed by atoms with E-state index in [1.54, 1.807) is 31.6 Å². The number of carbonyl (C=O) groups excluding carboxylic acids is 1. The van der Waals surface area contributed by atoms with Crippen LogP contribution in [0.3, 0.4) is 0 Å². The zero-order valence-electron chi connectivity index (χ0n) is 13.7. The number of hydrogen-bond acceptors (Lipinski definition) is 5. The highest BCUT2D eigenvalue weighted by atomic mass is 19.1. The lowest BCUT2D eigenvalue weighted by molar-refractivity contribution is 0.102. The molecule has 126 valence electrons. The van der Waals surface area contributed by atoms with Crippen LogP contribution in [0.4, 0.5) is 21.5 Å². The molecule has 0 aliphatic rings. The second-order valence-corrected chi connectivity index (χ2v) is 5.51. The second kappa shape index (κ2) is 7.04. The molecule has 0 saturated heterocycles. The van der Waals surface area contributed by atoms with E-state index < -0.39 is 5.95 Å². The van der Waals surface area contributed by atoms with Gasteiger partial charge in [0.2, 0.25) is 5.95 Å². The number of halogens is 1. The maximum Gasteiger partial charge on any atom is 0.257 e. The molecule has 1 amide bonds. The van der Waals surface area contributed by atoms with Crippen LogP contribution in [0.5, 0.6) is 0 Å². The third-order valence-electron chi connectivity index (χ3n) is 3.58. The van der Waals surface area contributed by atoms with Gasteiger partial charge in [-0.05, 0) is 43.7 Å². The molecule has 0 aliphatic heterocycles. The van der Waals surface area contributed by atoms with E-state index in [1.807, 2.05) is 19.1 Å². The van der Waals surface area contributed by atoms with Gasteiger partial charge < -0.3 is 10.6 Å². The van der Waals surface area contributed by atoms with Crippen LogP contribution in [-0.4, -0.2) is 20.9 Å². The van der Waals surface area contributed by atoms with Gasteiger partial charge in [-0.2, -0.15) is 4.39 Å². The van der Waals surface area contributed by atoms with Crippen molar-refractivity contribution in [3.05, 3.63) is 71.8 Å². The molecule has 0 unspecified atom stereocenters. The van der Waals surface area contributed by atoms with Gasteiger partial charge in [-0.15, -0.1) is 0 Å². The van der Waals surface area contributed by atoms with Crippen molar-refractivity contribution in [2.24, 2.45) is 0 Å². The molecule has 6 nitrogen and oxygen atoms in total. The molecular weight excluding hydrogens is 321 g/mol. The maximum atomic E-state index is 13.1. The van der Waals surface area contributed by atoms with E-state index in [2.05, 4.69) is 25.6 Å². The predicted molar refractivity (Wildman–Crippen MR) is 93.4 cm³/mol. The first-order valence-corrected chi connectivity index (χ1v) is 7.60. The molecule has 0 radical (unpaired) electrons. The molecule has 0 saturated carbocycles. The normalized spacial score (nSPS) is 10.4. The van der Waals surface area contributed by atoms with Gasteiger partial charge in [0.05, 0.1) is 35.0 Å². The van der Waals surface area contributed by atoms with Crippen molar-refractivity contribution >= 4 is 23.0 Å². The van der Waals surface area contributed by atoms with Crippen molar-refractivity contribution in [2.75, 3.05) is 10.6 Å². The number of rotatable bonds is 4. The number of amides is 1. The quantitative estimate of drug-likeness (QED) is 0.711. The molecule has 25 heavy (non-hydrogen) atoms. The molecule has 0 aliphatic carbocycles. The monoisotopic (exact) mass is 337 g/mol. The fraction of sp³-hybridized carbons (Fsp3) is 0.111. The topological polar surface area (TPSA) is 79.8 Å². The summed E-state index contributed by atoms with van der Waals surface area (Å²) in [4.78, 5) is 24.3. The standard InChI is InChI=1S/C18H16FN5O/c1-11-7-17(19)22-9-14(11)18(25)24-15-5-6-20-10-16(15)23-13-4-3-12(2)21-8-13/h3-10,23H,1-2H3,(H,20,24,25). The van der Waals surface area contributed by atoms with Crippen molar-refractivity contribution in [3.63, 3.8) is 0 Å². The molecule has 0 atom stereocenters. The first kappa shape index (κ1) is 16.5. The van der Waals surface area contributed by atoms with E-state index >= 15 is 0 Å². The summed E-state index contributed by atoms with van der Waals surface area (Å²) in [6.07, 6.45) is 6.09. The van der Waals surface area contributed by atoms with Crippen molar-refractivity contribution in [3.8, 4) is 0 Å². The molecule has 3 aromatic rings. The highest BCUT2D eigenvalue weighted by molar-refractivity contribution is 6.06. The van der Waals surface area contributed by atoms with E-state index in [9.17, 15) is 9.18 Å². The molecule has 0 bridgehead atoms. The zero-order valence-corrected chi connectivity index (χ0v) is 13.7. The second-order valence-electron chi connectivity index (χ2n) is 5.51. The van der Waals surface area contributed by atoms with Gasteiger partial charge >= 0.3 is 0 Å². The highest BCUT2D eigenvalue weighted by Gasteiger charge is 2.13. The number of nitrogens with one attached hydrogen (secondary N) is 2. The van der Waals surface area contributed by atoms with Gasteiger partial charge in [-0.25, -0.2) is 4.98 Å². The Balaban J connectivity index is 1.83. The van der Waals surface area contributed by atoms with Gasteiger partial charge in [0.15, 0.2) is 0 Å². The minimum atomic E-state index is -0.618. The van der Waals surface area contributed by atoms with Crippen molar-refractivity contribution in [1.82, 2.24) is 15.0 Å². The summed E-state index contributed by atoms with van der Waals surface area (Å²) in [5.74, 6) is -0.992. The van der Waals surface area contributed by atoms with Crippen LogP contribution >= 0.6 is 0 Å². The lowest BCUT2D eigenvalue weighted by atomic mass is 10.1. The Hall–Kier alpha value is -3.35. The first-order chi connectivity index (χ1) is 12.0. The number of carbonyl (C=O) groups is 1. The Morgan fingerprint density at radius 1 is 1.04 bits per heavy atom. The van der Waals surface area contributed by atoms with E-state index in [-0.39, 0.29) is 5.91 Å². The molecule has 0 aromatic carbocycles. The molecule has 2 N–H and O–H groups in total. The molecule has 0 spiro atoms. The van der Waals surface area contributed by atoms with E-state index in [0.29, 0.717) is 22.5 Å². The average molecular weight is 337 g/mol. The van der Waals surface area contributed by atoms with Gasteiger partial charge in [-0.3, -0.25) is 14.8 Å². The Bertz CT molecular complexity index is 912. The van der Waals surface area contributed by atoms with Crippen LogP contribution in [0.2, 0.25) is 0 Å². The van der Waals surface area contributed by atoms with Crippen LogP contribution in [0.15, 0.2) is 49.1 Å². The Kier molecular flexibility index (Phi) is 4.65. The number of pyridine rings is 3. The van der Waals surface area contributed by atoms with Gasteiger partial charge in [0, 0.05) is 18.1 Å². The number of nitrogens with zero attached hydrogens (tertiary/aromatic N) is 3. The number of anilines is 3. The number of aromatic nitrogens is 3. The SMILES string of the molecule is Cc1ccc(Nc2cnccc2NC(=O)c2cnc(F)cc2C)cn1. The predicted octanol–water partition coefficient (Wildman–Crippen LogP) is 3.62. The summed E-state index contributed by atoms with van der Waals surface area (Å²) in [7, 11) is 0. The van der Waals surface area contributed by atoms with Crippen LogP contribution in [-0.2, 0) is 0 Å². The minimum Gasteiger partial charge on any atom is -0.351 e. The summed E-state index contributed by atoms with van der Waals surface area (Å²) in [6.45, 7) is 3.56. The van der Waals surface area contributed by atoms with Gasteiger partial charge in [0.25, 0.3) is 5.91 Å². The summed E-state index contributed by atoms with van der Waals surface area (Å²) in [5.41, 5.74) is 3.66. The summed E-state index contributed by atoms with van der Waals surface area (Å²) in [6, 6.07) is 6.66. The van der Waals surface area contributed by atoms with Crippen LogP contribution < -0.4 is 10.6 Å². The van der Waals surface area contributed by atoms with Crippen molar-refractivity contribution in [2.45, 2.75) is 13.8 Å². The zero-order chi connectivity index (χ0) is 17.8. The average Bonchev–Trinajstić information content (AvgIpc) is 2.58. The Morgan fingerprint density at radius 2 is 1.88 bits per heavy atom. The van der Waals surface area contributed by atoms with E-state index in [0.717, 1.165) is 11.4 Å². The first-order valence-electron chi connectivity index (χ1n) is 7.60. The smallest absolute Gasteiger partial charge is 0.257 e. The minimum absolute atomic E-state index is 0.307. The Morgan fingerprint density at radius 3 is 2.60 bits per heavy atom. The van der Waals surface area contributed by atoms with E-state index in [4.69, 9.17) is 0 Å². The Labute approximate surface area is 144 Å². The summed E-state index contributed by atoms with van der Waals surface area (Å²) in [5, 5.41) is 5.96. The molecule has 3 aromatic heterocycles. The van der Waals surface area contributed by atoms with Crippen LogP contribution in [0.25, 0.3) is 0 Å². The van der Waals surface area contributed by atoms with Gasteiger partial charge in [0.1, 0.15) is 0 Å². The third kappa shape index (κ3) is 3.95. The lowest BCUT2D eigenvalue weighted by Crippen LogP contribution is -2.15. The molecular formula is C18H16FN5O. The number of aryl methyl sites for hydroxylation is 2. The maximum absolute atomic E-state index is 13.1. The van der Waals surface area contributed by atoms with Crippen LogP contribution in [0.1, 0.15) is 21.6 Å².